The molecule has 1 saturated heterocycles. The van der Waals surface area contributed by atoms with Gasteiger partial charge in [-0.2, -0.15) is 0 Å². The van der Waals surface area contributed by atoms with Crippen molar-refractivity contribution in [3.8, 4) is 0 Å². The number of rotatable bonds is 9. The molecule has 6 nitrogen and oxygen atoms in total. The average molecular weight is 500 g/mol. The van der Waals surface area contributed by atoms with Gasteiger partial charge in [0.25, 0.3) is 5.56 Å². The van der Waals surface area contributed by atoms with Gasteiger partial charge in [-0.25, -0.2) is 4.98 Å². The van der Waals surface area contributed by atoms with Gasteiger partial charge in [-0.1, -0.05) is 84.6 Å². The third-order valence-electron chi connectivity index (χ3n) is 6.39. The molecular weight excluding hydrogens is 470 g/mol. The van der Waals surface area contributed by atoms with Crippen molar-refractivity contribution in [2.24, 2.45) is 0 Å². The molecule has 1 N–H and O–H groups in total. The molecular formula is C29H29N3O3S. The largest absolute Gasteiger partial charge is 0.376 e. The molecule has 0 radical (unpaired) electrons. The minimum atomic E-state index is -0.152. The van der Waals surface area contributed by atoms with Crippen molar-refractivity contribution in [2.45, 2.75) is 43.1 Å². The second-order valence-electron chi connectivity index (χ2n) is 8.97. The molecule has 0 bridgehead atoms. The summed E-state index contributed by atoms with van der Waals surface area (Å²) < 4.78 is 7.46. The van der Waals surface area contributed by atoms with Crippen molar-refractivity contribution >= 4 is 28.6 Å². The van der Waals surface area contributed by atoms with E-state index < -0.39 is 0 Å². The highest BCUT2D eigenvalue weighted by Crippen LogP contribution is 2.22. The smallest absolute Gasteiger partial charge is 0.262 e. The van der Waals surface area contributed by atoms with Crippen molar-refractivity contribution in [2.75, 3.05) is 12.4 Å². The first-order valence-electron chi connectivity index (χ1n) is 12.3. The number of hydrogen-bond donors (Lipinski definition) is 1. The van der Waals surface area contributed by atoms with Crippen LogP contribution in [0.15, 0.2) is 94.9 Å². The number of nitrogens with one attached hydrogen (secondary N) is 1. The topological polar surface area (TPSA) is 73.2 Å². The van der Waals surface area contributed by atoms with Gasteiger partial charge in [0.05, 0.1) is 35.3 Å². The van der Waals surface area contributed by atoms with E-state index in [1.807, 2.05) is 66.7 Å². The van der Waals surface area contributed by atoms with Gasteiger partial charge in [-0.3, -0.25) is 14.2 Å². The second kappa shape index (κ2) is 11.5. The Kier molecular flexibility index (Phi) is 7.79. The maximum absolute atomic E-state index is 13.3. The number of nitrogens with zero attached hydrogens (tertiary/aromatic N) is 2. The van der Waals surface area contributed by atoms with Gasteiger partial charge in [0.1, 0.15) is 0 Å². The number of ether oxygens (including phenoxy) is 1. The van der Waals surface area contributed by atoms with E-state index in [4.69, 9.17) is 9.72 Å². The van der Waals surface area contributed by atoms with E-state index in [0.717, 1.165) is 24.0 Å². The van der Waals surface area contributed by atoms with Crippen molar-refractivity contribution in [1.82, 2.24) is 14.9 Å². The Hall–Kier alpha value is -3.42. The Morgan fingerprint density at radius 1 is 1.03 bits per heavy atom. The average Bonchev–Trinajstić information content (AvgIpc) is 3.43. The highest BCUT2D eigenvalue weighted by Gasteiger charge is 2.21. The minimum absolute atomic E-state index is 0.00725. The van der Waals surface area contributed by atoms with Gasteiger partial charge >= 0.3 is 0 Å². The number of carbonyl (C=O) groups is 1. The van der Waals surface area contributed by atoms with Gasteiger partial charge < -0.3 is 10.1 Å². The fraction of sp³-hybridized carbons (Fsp3) is 0.276. The van der Waals surface area contributed by atoms with Crippen LogP contribution in [-0.4, -0.2) is 33.9 Å². The lowest BCUT2D eigenvalue weighted by Crippen LogP contribution is -2.32. The van der Waals surface area contributed by atoms with E-state index in [1.165, 1.54) is 11.8 Å². The quantitative estimate of drug-likeness (QED) is 0.265. The van der Waals surface area contributed by atoms with E-state index in [2.05, 4.69) is 17.4 Å². The summed E-state index contributed by atoms with van der Waals surface area (Å²) in [6.45, 7) is 1.16. The molecule has 36 heavy (non-hydrogen) atoms. The van der Waals surface area contributed by atoms with E-state index >= 15 is 0 Å². The number of thioether (sulfide) groups is 1. The van der Waals surface area contributed by atoms with Crippen LogP contribution in [0.1, 0.15) is 30.0 Å². The number of carbonyl (C=O) groups excluding carboxylic acids is 1. The molecule has 1 aliphatic heterocycles. The van der Waals surface area contributed by atoms with Crippen molar-refractivity contribution in [3.05, 3.63) is 106 Å². The molecule has 0 saturated carbocycles. The van der Waals surface area contributed by atoms with Crippen LogP contribution in [0.5, 0.6) is 0 Å². The van der Waals surface area contributed by atoms with Gasteiger partial charge in [-0.05, 0) is 42.5 Å². The lowest BCUT2D eigenvalue weighted by Gasteiger charge is -2.20. The zero-order valence-electron chi connectivity index (χ0n) is 20.0. The predicted octanol–water partition coefficient (Wildman–Crippen LogP) is 4.77. The first-order valence-corrected chi connectivity index (χ1v) is 13.3. The SMILES string of the molecule is O=C(CSc1nc2ccccc2c(=O)n1CC1CCCO1)NC(Cc1ccccc1)c1ccccc1. The summed E-state index contributed by atoms with van der Waals surface area (Å²) >= 11 is 1.30. The molecule has 5 rings (SSSR count). The van der Waals surface area contributed by atoms with E-state index in [9.17, 15) is 9.59 Å². The zero-order valence-corrected chi connectivity index (χ0v) is 20.8. The van der Waals surface area contributed by atoms with Gasteiger partial charge in [-0.15, -0.1) is 0 Å². The molecule has 2 unspecified atom stereocenters. The Morgan fingerprint density at radius 2 is 1.75 bits per heavy atom. The molecule has 3 aromatic carbocycles. The second-order valence-corrected chi connectivity index (χ2v) is 9.91. The van der Waals surface area contributed by atoms with Crippen LogP contribution in [0.2, 0.25) is 0 Å². The maximum atomic E-state index is 13.3. The molecule has 2 heterocycles. The van der Waals surface area contributed by atoms with Crippen molar-refractivity contribution in [1.29, 1.82) is 0 Å². The number of aromatic nitrogens is 2. The highest BCUT2D eigenvalue weighted by molar-refractivity contribution is 7.99. The molecule has 2 atom stereocenters. The number of fused-ring (bicyclic) bond motifs is 1. The van der Waals surface area contributed by atoms with Crippen molar-refractivity contribution < 1.29 is 9.53 Å². The third kappa shape index (κ3) is 5.86. The number of hydrogen-bond acceptors (Lipinski definition) is 5. The lowest BCUT2D eigenvalue weighted by atomic mass is 9.99. The van der Waals surface area contributed by atoms with Gasteiger partial charge in [0.15, 0.2) is 5.16 Å². The summed E-state index contributed by atoms with van der Waals surface area (Å²) in [5.74, 6) is 0.0601. The van der Waals surface area contributed by atoms with Crippen LogP contribution < -0.4 is 10.9 Å². The fourth-order valence-electron chi connectivity index (χ4n) is 4.56. The molecule has 4 aromatic rings. The molecule has 1 amide bonds. The van der Waals surface area contributed by atoms with Crippen molar-refractivity contribution in [3.63, 3.8) is 0 Å². The fourth-order valence-corrected chi connectivity index (χ4v) is 5.38. The summed E-state index contributed by atoms with van der Waals surface area (Å²) in [4.78, 5) is 31.2. The third-order valence-corrected chi connectivity index (χ3v) is 7.37. The van der Waals surface area contributed by atoms with Crippen LogP contribution in [0, 0.1) is 0 Å². The van der Waals surface area contributed by atoms with Gasteiger partial charge in [0.2, 0.25) is 5.91 Å². The lowest BCUT2D eigenvalue weighted by molar-refractivity contribution is -0.119. The summed E-state index contributed by atoms with van der Waals surface area (Å²) in [7, 11) is 0. The maximum Gasteiger partial charge on any atom is 0.262 e. The summed E-state index contributed by atoms with van der Waals surface area (Å²) in [6.07, 6.45) is 2.60. The first-order chi connectivity index (χ1) is 17.7. The van der Waals surface area contributed by atoms with E-state index in [-0.39, 0.29) is 29.4 Å². The number of amides is 1. The standard InChI is InChI=1S/C29H29N3O3S/c33-27(30-26(22-12-5-2-6-13-22)18-21-10-3-1-4-11-21)20-36-29-31-25-16-8-7-15-24(25)28(34)32(29)19-23-14-9-17-35-23/h1-8,10-13,15-16,23,26H,9,14,17-20H2,(H,30,33). The molecule has 1 fully saturated rings. The zero-order chi connectivity index (χ0) is 24.7. The molecule has 184 valence electrons. The predicted molar refractivity (Wildman–Crippen MR) is 143 cm³/mol. The minimum Gasteiger partial charge on any atom is -0.376 e. The normalized spacial score (nSPS) is 16.2. The van der Waals surface area contributed by atoms with E-state index in [1.54, 1.807) is 10.6 Å². The van der Waals surface area contributed by atoms with Crippen LogP contribution in [0.4, 0.5) is 0 Å². The first kappa shape index (κ1) is 24.3. The summed E-state index contributed by atoms with van der Waals surface area (Å²) in [5, 5.41) is 4.32. The molecule has 1 aliphatic rings. The highest BCUT2D eigenvalue weighted by atomic mass is 32.2. The molecule has 0 spiro atoms. The number of para-hydroxylation sites is 1. The Labute approximate surface area is 214 Å². The van der Waals surface area contributed by atoms with Crippen LogP contribution in [0.25, 0.3) is 10.9 Å². The molecule has 0 aliphatic carbocycles. The monoisotopic (exact) mass is 499 g/mol. The Bertz CT molecular complexity index is 1370. The molecule has 1 aromatic heterocycles. The van der Waals surface area contributed by atoms with Crippen LogP contribution in [-0.2, 0) is 22.5 Å². The van der Waals surface area contributed by atoms with Gasteiger partial charge in [0, 0.05) is 6.61 Å². The molecule has 7 heteroatoms. The van der Waals surface area contributed by atoms with Crippen LogP contribution in [0.3, 0.4) is 0 Å². The van der Waals surface area contributed by atoms with E-state index in [0.29, 0.717) is 35.6 Å². The number of benzene rings is 3. The Morgan fingerprint density at radius 3 is 2.50 bits per heavy atom. The summed E-state index contributed by atoms with van der Waals surface area (Å²) in [6, 6.07) is 27.3. The Balaban J connectivity index is 1.34. The summed E-state index contributed by atoms with van der Waals surface area (Å²) in [5.41, 5.74) is 2.75. The van der Waals surface area contributed by atoms with Crippen LogP contribution >= 0.6 is 11.8 Å².